The van der Waals surface area contributed by atoms with E-state index < -0.39 is 11.9 Å². The number of nitrogens with zero attached hydrogens (tertiary/aromatic N) is 1. The predicted molar refractivity (Wildman–Crippen MR) is 98.3 cm³/mol. The number of esters is 1. The van der Waals surface area contributed by atoms with Gasteiger partial charge in [-0.25, -0.2) is 10.2 Å². The van der Waals surface area contributed by atoms with Gasteiger partial charge in [0.1, 0.15) is 5.75 Å². The first kappa shape index (κ1) is 19.8. The van der Waals surface area contributed by atoms with Gasteiger partial charge in [-0.2, -0.15) is 5.10 Å². The van der Waals surface area contributed by atoms with Gasteiger partial charge < -0.3 is 19.3 Å². The molecule has 0 aliphatic carbocycles. The molecule has 0 saturated heterocycles. The van der Waals surface area contributed by atoms with E-state index in [2.05, 4.69) is 10.5 Å². The maximum Gasteiger partial charge on any atom is 0.338 e. The van der Waals surface area contributed by atoms with E-state index in [1.54, 1.807) is 49.4 Å². The first-order valence-corrected chi connectivity index (χ1v) is 8.13. The number of amides is 1. The molecule has 8 heteroatoms. The molecule has 0 radical (unpaired) electrons. The van der Waals surface area contributed by atoms with Gasteiger partial charge in [0.25, 0.3) is 5.91 Å². The second kappa shape index (κ2) is 9.81. The first-order valence-electron chi connectivity index (χ1n) is 8.13. The van der Waals surface area contributed by atoms with Crippen molar-refractivity contribution >= 4 is 18.1 Å². The molecule has 2 rings (SSSR count). The highest BCUT2D eigenvalue weighted by Gasteiger charge is 2.08. The Bertz CT molecular complexity index is 817. The van der Waals surface area contributed by atoms with Crippen LogP contribution in [0.3, 0.4) is 0 Å². The average molecular weight is 372 g/mol. The Hall–Kier alpha value is -3.55. The third kappa shape index (κ3) is 5.74. The fourth-order valence-corrected chi connectivity index (χ4v) is 2.06. The Labute approximate surface area is 156 Å². The van der Waals surface area contributed by atoms with E-state index in [9.17, 15) is 14.7 Å². The van der Waals surface area contributed by atoms with Crippen LogP contribution in [0.2, 0.25) is 0 Å². The van der Waals surface area contributed by atoms with Crippen LogP contribution in [0.1, 0.15) is 22.8 Å². The summed E-state index contributed by atoms with van der Waals surface area (Å²) in [5.41, 5.74) is 3.08. The highest BCUT2D eigenvalue weighted by molar-refractivity contribution is 5.89. The van der Waals surface area contributed by atoms with Crippen LogP contribution < -0.4 is 14.9 Å². The number of ether oxygens (including phenoxy) is 3. The zero-order valence-corrected chi connectivity index (χ0v) is 15.0. The molecule has 0 aromatic heterocycles. The first-order chi connectivity index (χ1) is 13.0. The second-order valence-corrected chi connectivity index (χ2v) is 5.22. The average Bonchev–Trinajstić information content (AvgIpc) is 2.68. The Balaban J connectivity index is 1.83. The molecule has 0 aliphatic rings. The van der Waals surface area contributed by atoms with Gasteiger partial charge in [0.05, 0.1) is 25.5 Å². The summed E-state index contributed by atoms with van der Waals surface area (Å²) < 4.78 is 15.2. The van der Waals surface area contributed by atoms with Crippen molar-refractivity contribution in [1.29, 1.82) is 0 Å². The third-order valence-electron chi connectivity index (χ3n) is 3.38. The molecular formula is C19H20N2O6. The number of hydrazone groups is 1. The number of aromatic hydroxyl groups is 1. The van der Waals surface area contributed by atoms with E-state index in [1.165, 1.54) is 13.3 Å². The maximum absolute atomic E-state index is 11.8. The molecule has 2 aromatic rings. The number of carbonyl (C=O) groups is 2. The molecule has 0 saturated carbocycles. The van der Waals surface area contributed by atoms with Crippen LogP contribution in [0, 0.1) is 0 Å². The van der Waals surface area contributed by atoms with Gasteiger partial charge in [-0.1, -0.05) is 6.07 Å². The number of hydrogen-bond acceptors (Lipinski definition) is 7. The van der Waals surface area contributed by atoms with Crippen molar-refractivity contribution in [3.05, 3.63) is 53.6 Å². The van der Waals surface area contributed by atoms with Crippen LogP contribution >= 0.6 is 0 Å². The number of para-hydroxylation sites is 1. The normalized spacial score (nSPS) is 10.4. The molecule has 142 valence electrons. The number of nitrogens with one attached hydrogen (secondary N) is 1. The molecular weight excluding hydrogens is 352 g/mol. The van der Waals surface area contributed by atoms with Crippen LogP contribution in [0.5, 0.6) is 17.2 Å². The molecule has 0 unspecified atom stereocenters. The summed E-state index contributed by atoms with van der Waals surface area (Å²) in [6.07, 6.45) is 1.30. The monoisotopic (exact) mass is 372 g/mol. The highest BCUT2D eigenvalue weighted by atomic mass is 16.5. The molecule has 0 spiro atoms. The van der Waals surface area contributed by atoms with E-state index in [0.29, 0.717) is 29.2 Å². The van der Waals surface area contributed by atoms with E-state index in [1.807, 2.05) is 0 Å². The summed E-state index contributed by atoms with van der Waals surface area (Å²) >= 11 is 0. The molecule has 0 heterocycles. The number of phenolic OH excluding ortho intramolecular Hbond substituents is 1. The number of hydrogen-bond donors (Lipinski definition) is 2. The van der Waals surface area contributed by atoms with Crippen molar-refractivity contribution in [3.8, 4) is 17.2 Å². The Morgan fingerprint density at radius 2 is 1.93 bits per heavy atom. The molecule has 27 heavy (non-hydrogen) atoms. The standard InChI is InChI=1S/C19H20N2O6/c1-3-26-19(24)13-7-9-15(10-8-13)27-12-17(22)21-20-11-14-5-4-6-16(25-2)18(14)23/h4-11,23H,3,12H2,1-2H3,(H,21,22). The van der Waals surface area contributed by atoms with Crippen molar-refractivity contribution < 1.29 is 28.9 Å². The summed E-state index contributed by atoms with van der Waals surface area (Å²) in [7, 11) is 1.44. The van der Waals surface area contributed by atoms with Gasteiger partial charge in [0.15, 0.2) is 18.1 Å². The third-order valence-corrected chi connectivity index (χ3v) is 3.38. The molecule has 8 nitrogen and oxygen atoms in total. The van der Waals surface area contributed by atoms with E-state index in [0.717, 1.165) is 0 Å². The summed E-state index contributed by atoms with van der Waals surface area (Å²) in [5, 5.41) is 13.7. The fourth-order valence-electron chi connectivity index (χ4n) is 2.06. The summed E-state index contributed by atoms with van der Waals surface area (Å²) in [6, 6.07) is 11.1. The van der Waals surface area contributed by atoms with Crippen LogP contribution in [0.15, 0.2) is 47.6 Å². The van der Waals surface area contributed by atoms with E-state index in [4.69, 9.17) is 14.2 Å². The highest BCUT2D eigenvalue weighted by Crippen LogP contribution is 2.27. The summed E-state index contributed by atoms with van der Waals surface area (Å²) in [4.78, 5) is 23.3. The molecule has 0 atom stereocenters. The van der Waals surface area contributed by atoms with Gasteiger partial charge in [0.2, 0.25) is 0 Å². The number of phenols is 1. The minimum absolute atomic E-state index is 0.0732. The van der Waals surface area contributed by atoms with E-state index in [-0.39, 0.29) is 12.4 Å². The van der Waals surface area contributed by atoms with Crippen molar-refractivity contribution in [3.63, 3.8) is 0 Å². The number of methoxy groups -OCH3 is 1. The van der Waals surface area contributed by atoms with Gasteiger partial charge >= 0.3 is 5.97 Å². The summed E-state index contributed by atoms with van der Waals surface area (Å²) in [5.74, 6) is -0.247. The molecule has 1 amide bonds. The molecule has 0 bridgehead atoms. The largest absolute Gasteiger partial charge is 0.504 e. The topological polar surface area (TPSA) is 106 Å². The van der Waals surface area contributed by atoms with Crippen molar-refractivity contribution in [2.75, 3.05) is 20.3 Å². The second-order valence-electron chi connectivity index (χ2n) is 5.22. The minimum atomic E-state index is -0.483. The number of benzene rings is 2. The van der Waals surface area contributed by atoms with Crippen LogP contribution in [0.4, 0.5) is 0 Å². The van der Waals surface area contributed by atoms with E-state index >= 15 is 0 Å². The Morgan fingerprint density at radius 1 is 1.19 bits per heavy atom. The Kier molecular flexibility index (Phi) is 7.18. The molecule has 0 fully saturated rings. The maximum atomic E-state index is 11.8. The fraction of sp³-hybridized carbons (Fsp3) is 0.211. The lowest BCUT2D eigenvalue weighted by Crippen LogP contribution is -2.24. The molecule has 0 aliphatic heterocycles. The molecule has 2 aromatic carbocycles. The lowest BCUT2D eigenvalue weighted by atomic mass is 10.2. The quantitative estimate of drug-likeness (QED) is 0.418. The SMILES string of the molecule is CCOC(=O)c1ccc(OCC(=O)NN=Cc2cccc(OC)c2O)cc1. The van der Waals surface area contributed by atoms with Crippen LogP contribution in [-0.2, 0) is 9.53 Å². The smallest absolute Gasteiger partial charge is 0.338 e. The van der Waals surface area contributed by atoms with Crippen molar-refractivity contribution in [1.82, 2.24) is 5.43 Å². The van der Waals surface area contributed by atoms with Gasteiger partial charge in [-0.15, -0.1) is 0 Å². The zero-order valence-electron chi connectivity index (χ0n) is 15.0. The lowest BCUT2D eigenvalue weighted by molar-refractivity contribution is -0.123. The van der Waals surface area contributed by atoms with Gasteiger partial charge in [-0.3, -0.25) is 4.79 Å². The lowest BCUT2D eigenvalue weighted by Gasteiger charge is -2.07. The minimum Gasteiger partial charge on any atom is -0.504 e. The number of rotatable bonds is 8. The van der Waals surface area contributed by atoms with Crippen LogP contribution in [-0.4, -0.2) is 43.5 Å². The Morgan fingerprint density at radius 3 is 2.59 bits per heavy atom. The zero-order chi connectivity index (χ0) is 19.6. The summed E-state index contributed by atoms with van der Waals surface area (Å²) in [6.45, 7) is 1.76. The number of carbonyl (C=O) groups excluding carboxylic acids is 2. The molecule has 2 N–H and O–H groups in total. The van der Waals surface area contributed by atoms with Crippen LogP contribution in [0.25, 0.3) is 0 Å². The predicted octanol–water partition coefficient (Wildman–Crippen LogP) is 2.11. The van der Waals surface area contributed by atoms with Crippen molar-refractivity contribution in [2.45, 2.75) is 6.92 Å². The van der Waals surface area contributed by atoms with Gasteiger partial charge in [-0.05, 0) is 43.3 Å². The van der Waals surface area contributed by atoms with Crippen molar-refractivity contribution in [2.24, 2.45) is 5.10 Å². The van der Waals surface area contributed by atoms with Gasteiger partial charge in [0, 0.05) is 5.56 Å².